The van der Waals surface area contributed by atoms with Crippen LogP contribution in [0, 0.1) is 0 Å². The zero-order chi connectivity index (χ0) is 12.6. The van der Waals surface area contributed by atoms with E-state index in [1.807, 2.05) is 0 Å². The maximum atomic E-state index is 11.2. The second kappa shape index (κ2) is 7.41. The van der Waals surface area contributed by atoms with Crippen LogP contribution in [0.5, 0.6) is 0 Å². The van der Waals surface area contributed by atoms with E-state index in [1.165, 1.54) is 0 Å². The molecule has 0 saturated heterocycles. The maximum absolute atomic E-state index is 11.2. The topological polar surface area (TPSA) is 122 Å². The lowest BCUT2D eigenvalue weighted by molar-refractivity contribution is -0.143. The third-order valence-corrected chi connectivity index (χ3v) is 1.61. The molecule has 0 spiro atoms. The van der Waals surface area contributed by atoms with Crippen LogP contribution in [0.25, 0.3) is 0 Å². The van der Waals surface area contributed by atoms with Crippen molar-refractivity contribution in [2.75, 3.05) is 13.1 Å². The van der Waals surface area contributed by atoms with Gasteiger partial charge in [0.25, 0.3) is 0 Å². The Hall–Kier alpha value is -1.89. The van der Waals surface area contributed by atoms with Gasteiger partial charge >= 0.3 is 5.97 Å². The van der Waals surface area contributed by atoms with Crippen molar-refractivity contribution in [1.82, 2.24) is 10.6 Å². The van der Waals surface area contributed by atoms with Crippen LogP contribution in [0.15, 0.2) is 12.7 Å². The standard InChI is InChI=1S/C9H15N3O4/c1-2-3-11-5-8(14)12-6(9(15)16)4-7(10)13/h2,6,11H,1,3-5H2,(H2,10,13)(H,12,14)(H,15,16)/t6-/m0/s1. The van der Waals surface area contributed by atoms with Gasteiger partial charge in [-0.2, -0.15) is 0 Å². The second-order valence-corrected chi connectivity index (χ2v) is 3.05. The SMILES string of the molecule is C=CCNCC(=O)N[C@@H](CC(N)=O)C(=O)O. The Balaban J connectivity index is 4.08. The lowest BCUT2D eigenvalue weighted by Gasteiger charge is -2.12. The third kappa shape index (κ3) is 6.55. The monoisotopic (exact) mass is 229 g/mol. The van der Waals surface area contributed by atoms with Crippen molar-refractivity contribution >= 4 is 17.8 Å². The number of nitrogens with one attached hydrogen (secondary N) is 2. The van der Waals surface area contributed by atoms with E-state index in [2.05, 4.69) is 17.2 Å². The number of carboxylic acids is 1. The van der Waals surface area contributed by atoms with Crippen LogP contribution in [-0.2, 0) is 14.4 Å². The van der Waals surface area contributed by atoms with E-state index in [-0.39, 0.29) is 6.54 Å². The van der Waals surface area contributed by atoms with Crippen LogP contribution in [-0.4, -0.2) is 42.0 Å². The number of rotatable bonds is 8. The van der Waals surface area contributed by atoms with Crippen molar-refractivity contribution < 1.29 is 19.5 Å². The van der Waals surface area contributed by atoms with Crippen molar-refractivity contribution in [2.45, 2.75) is 12.5 Å². The first kappa shape index (κ1) is 14.1. The van der Waals surface area contributed by atoms with E-state index in [0.29, 0.717) is 6.54 Å². The Morgan fingerprint density at radius 3 is 2.50 bits per heavy atom. The number of hydrogen-bond donors (Lipinski definition) is 4. The summed E-state index contributed by atoms with van der Waals surface area (Å²) in [6.07, 6.45) is 1.13. The molecule has 7 nitrogen and oxygen atoms in total. The van der Waals surface area contributed by atoms with Crippen molar-refractivity contribution in [3.05, 3.63) is 12.7 Å². The number of amides is 2. The predicted octanol–water partition coefficient (Wildman–Crippen LogP) is -1.79. The first-order valence-electron chi connectivity index (χ1n) is 4.59. The molecule has 1 atom stereocenters. The van der Waals surface area contributed by atoms with Gasteiger partial charge in [0.15, 0.2) is 0 Å². The number of primary amides is 1. The summed E-state index contributed by atoms with van der Waals surface area (Å²) >= 11 is 0. The van der Waals surface area contributed by atoms with Crippen LogP contribution in [0.1, 0.15) is 6.42 Å². The summed E-state index contributed by atoms with van der Waals surface area (Å²) in [7, 11) is 0. The molecule has 0 aliphatic carbocycles. The highest BCUT2D eigenvalue weighted by Crippen LogP contribution is 1.91. The van der Waals surface area contributed by atoms with Gasteiger partial charge in [-0.25, -0.2) is 4.79 Å². The van der Waals surface area contributed by atoms with E-state index < -0.39 is 30.2 Å². The minimum atomic E-state index is -1.30. The fraction of sp³-hybridized carbons (Fsp3) is 0.444. The number of carbonyl (C=O) groups excluding carboxylic acids is 2. The van der Waals surface area contributed by atoms with E-state index in [4.69, 9.17) is 10.8 Å². The van der Waals surface area contributed by atoms with Gasteiger partial charge in [0, 0.05) is 6.54 Å². The van der Waals surface area contributed by atoms with Gasteiger partial charge in [-0.05, 0) is 0 Å². The zero-order valence-electron chi connectivity index (χ0n) is 8.73. The Kier molecular flexibility index (Phi) is 6.53. The highest BCUT2D eigenvalue weighted by molar-refractivity contribution is 5.88. The molecule has 0 aromatic carbocycles. The molecule has 0 aromatic heterocycles. The van der Waals surface area contributed by atoms with Gasteiger partial charge in [-0.1, -0.05) is 6.08 Å². The van der Waals surface area contributed by atoms with E-state index in [1.54, 1.807) is 6.08 Å². The zero-order valence-corrected chi connectivity index (χ0v) is 8.73. The van der Waals surface area contributed by atoms with Crippen LogP contribution >= 0.6 is 0 Å². The molecule has 16 heavy (non-hydrogen) atoms. The smallest absolute Gasteiger partial charge is 0.326 e. The largest absolute Gasteiger partial charge is 0.480 e. The van der Waals surface area contributed by atoms with Crippen molar-refractivity contribution in [1.29, 1.82) is 0 Å². The van der Waals surface area contributed by atoms with E-state index in [0.717, 1.165) is 0 Å². The highest BCUT2D eigenvalue weighted by atomic mass is 16.4. The van der Waals surface area contributed by atoms with E-state index >= 15 is 0 Å². The van der Waals surface area contributed by atoms with Gasteiger partial charge in [0.05, 0.1) is 13.0 Å². The lowest BCUT2D eigenvalue weighted by atomic mass is 10.2. The molecular weight excluding hydrogens is 214 g/mol. The van der Waals surface area contributed by atoms with Gasteiger partial charge in [-0.3, -0.25) is 9.59 Å². The molecule has 5 N–H and O–H groups in total. The molecule has 0 aromatic rings. The summed E-state index contributed by atoms with van der Waals surface area (Å²) in [5.41, 5.74) is 4.85. The molecule has 0 rings (SSSR count). The molecule has 0 heterocycles. The molecule has 90 valence electrons. The summed E-state index contributed by atoms with van der Waals surface area (Å²) < 4.78 is 0. The predicted molar refractivity (Wildman–Crippen MR) is 56.4 cm³/mol. The lowest BCUT2D eigenvalue weighted by Crippen LogP contribution is -2.46. The summed E-state index contributed by atoms with van der Waals surface area (Å²) in [5.74, 6) is -2.60. The minimum absolute atomic E-state index is 0.0471. The van der Waals surface area contributed by atoms with E-state index in [9.17, 15) is 14.4 Å². The van der Waals surface area contributed by atoms with Crippen LogP contribution < -0.4 is 16.4 Å². The van der Waals surface area contributed by atoms with Crippen molar-refractivity contribution in [3.8, 4) is 0 Å². The summed E-state index contributed by atoms with van der Waals surface area (Å²) in [6, 6.07) is -1.28. The molecule has 7 heteroatoms. The molecule has 0 aliphatic rings. The van der Waals surface area contributed by atoms with Crippen molar-refractivity contribution in [3.63, 3.8) is 0 Å². The molecule has 0 fully saturated rings. The Morgan fingerprint density at radius 1 is 1.44 bits per heavy atom. The molecule has 0 radical (unpaired) electrons. The number of carboxylic acid groups (broad SMARTS) is 1. The molecule has 0 saturated carbocycles. The Morgan fingerprint density at radius 2 is 2.06 bits per heavy atom. The average Bonchev–Trinajstić information content (AvgIpc) is 2.16. The molecule has 0 aliphatic heterocycles. The first-order chi connectivity index (χ1) is 7.47. The van der Waals surface area contributed by atoms with Crippen LogP contribution in [0.3, 0.4) is 0 Å². The van der Waals surface area contributed by atoms with Gasteiger partial charge < -0.3 is 21.5 Å². The Labute approximate surface area is 92.7 Å². The summed E-state index contributed by atoms with van der Waals surface area (Å²) in [6.45, 7) is 3.82. The normalized spacial score (nSPS) is 11.5. The minimum Gasteiger partial charge on any atom is -0.480 e. The fourth-order valence-electron chi connectivity index (χ4n) is 0.934. The molecule has 0 unspecified atom stereocenters. The van der Waals surface area contributed by atoms with Gasteiger partial charge in [0.1, 0.15) is 6.04 Å². The average molecular weight is 229 g/mol. The molecule has 2 amide bonds. The molecule has 0 bridgehead atoms. The quantitative estimate of drug-likeness (QED) is 0.289. The first-order valence-corrected chi connectivity index (χ1v) is 4.59. The molecular formula is C9H15N3O4. The summed E-state index contributed by atoms with van der Waals surface area (Å²) in [4.78, 5) is 32.4. The number of carbonyl (C=O) groups is 3. The van der Waals surface area contributed by atoms with Crippen LogP contribution in [0.2, 0.25) is 0 Å². The van der Waals surface area contributed by atoms with Crippen LogP contribution in [0.4, 0.5) is 0 Å². The Bertz CT molecular complexity index is 290. The van der Waals surface area contributed by atoms with Gasteiger partial charge in [-0.15, -0.1) is 6.58 Å². The summed E-state index contributed by atoms with van der Waals surface area (Å²) in [5, 5.41) is 13.5. The maximum Gasteiger partial charge on any atom is 0.326 e. The highest BCUT2D eigenvalue weighted by Gasteiger charge is 2.21. The second-order valence-electron chi connectivity index (χ2n) is 3.05. The van der Waals surface area contributed by atoms with Gasteiger partial charge in [0.2, 0.25) is 11.8 Å². The van der Waals surface area contributed by atoms with Crippen molar-refractivity contribution in [2.24, 2.45) is 5.73 Å². The number of nitrogens with two attached hydrogens (primary N) is 1. The third-order valence-electron chi connectivity index (χ3n) is 1.61. The fourth-order valence-corrected chi connectivity index (χ4v) is 0.934. The number of hydrogen-bond acceptors (Lipinski definition) is 4. The number of aliphatic carboxylic acids is 1.